The summed E-state index contributed by atoms with van der Waals surface area (Å²) in [5.41, 5.74) is 1.22. The molecule has 1 atom stereocenters. The molecule has 4 nitrogen and oxygen atoms in total. The van der Waals surface area contributed by atoms with Crippen molar-refractivity contribution in [3.8, 4) is 0 Å². The van der Waals surface area contributed by atoms with E-state index in [-0.39, 0.29) is 5.91 Å². The molecule has 1 aromatic heterocycles. The van der Waals surface area contributed by atoms with E-state index < -0.39 is 12.0 Å². The summed E-state index contributed by atoms with van der Waals surface area (Å²) in [4.78, 5) is 24.9. The minimum atomic E-state index is -1.01. The first-order valence-corrected chi connectivity index (χ1v) is 8.56. The minimum absolute atomic E-state index is 0.293. The van der Waals surface area contributed by atoms with Crippen molar-refractivity contribution in [1.82, 2.24) is 5.32 Å². The third-order valence-corrected chi connectivity index (χ3v) is 5.37. The molecule has 1 amide bonds. The summed E-state index contributed by atoms with van der Waals surface area (Å²) in [5, 5.41) is 11.6. The third-order valence-electron chi connectivity index (χ3n) is 2.87. The van der Waals surface area contributed by atoms with Crippen molar-refractivity contribution >= 4 is 47.6 Å². The maximum absolute atomic E-state index is 12.1. The van der Waals surface area contributed by atoms with Gasteiger partial charge in [0.05, 0.1) is 4.88 Å². The van der Waals surface area contributed by atoms with Crippen LogP contribution in [0, 0.1) is 0 Å². The molecule has 1 aliphatic rings. The van der Waals surface area contributed by atoms with Crippen LogP contribution in [0.1, 0.15) is 26.5 Å². The highest BCUT2D eigenvalue weighted by molar-refractivity contribution is 7.98. The molecule has 2 rings (SSSR count). The molecule has 0 radical (unpaired) electrons. The lowest BCUT2D eigenvalue weighted by Gasteiger charge is -2.12. The van der Waals surface area contributed by atoms with Crippen molar-refractivity contribution in [2.24, 2.45) is 0 Å². The van der Waals surface area contributed by atoms with E-state index in [9.17, 15) is 9.59 Å². The van der Waals surface area contributed by atoms with Crippen LogP contribution in [-0.4, -0.2) is 34.5 Å². The molecular formula is C12H15NO3S3. The smallest absolute Gasteiger partial charge is 0.326 e. The Labute approximate surface area is 125 Å². The number of hydrogen-bond donors (Lipinski definition) is 3. The van der Waals surface area contributed by atoms with Gasteiger partial charge >= 0.3 is 5.97 Å². The highest BCUT2D eigenvalue weighted by Gasteiger charge is 2.22. The number of carboxylic acids is 1. The topological polar surface area (TPSA) is 66.4 Å². The van der Waals surface area contributed by atoms with Gasteiger partial charge in [0, 0.05) is 10.6 Å². The summed E-state index contributed by atoms with van der Waals surface area (Å²) in [6.45, 7) is 0. The number of aryl methyl sites for hydroxylation is 1. The van der Waals surface area contributed by atoms with Gasteiger partial charge in [0.25, 0.3) is 5.91 Å². The molecule has 7 heteroatoms. The quantitative estimate of drug-likeness (QED) is 0.727. The summed E-state index contributed by atoms with van der Waals surface area (Å²) in [7, 11) is 0. The van der Waals surface area contributed by atoms with Gasteiger partial charge in [-0.15, -0.1) is 11.3 Å². The Kier molecular flexibility index (Phi) is 5.18. The van der Waals surface area contributed by atoms with Crippen LogP contribution >= 0.6 is 35.7 Å². The SMILES string of the molecule is O=C(NC(CCS)C(=O)O)c1cc2c(s1)CCSC2. The van der Waals surface area contributed by atoms with Gasteiger partial charge in [-0.25, -0.2) is 4.79 Å². The van der Waals surface area contributed by atoms with Gasteiger partial charge in [-0.1, -0.05) is 0 Å². The zero-order valence-electron chi connectivity index (χ0n) is 10.2. The van der Waals surface area contributed by atoms with Gasteiger partial charge in [0.1, 0.15) is 6.04 Å². The van der Waals surface area contributed by atoms with E-state index in [2.05, 4.69) is 17.9 Å². The summed E-state index contributed by atoms with van der Waals surface area (Å²) in [6, 6.07) is 1.03. The number of thiophene rings is 1. The second-order valence-electron chi connectivity index (χ2n) is 4.24. The van der Waals surface area contributed by atoms with Crippen molar-refractivity contribution in [1.29, 1.82) is 0 Å². The molecule has 0 aromatic carbocycles. The van der Waals surface area contributed by atoms with Crippen molar-refractivity contribution in [3.63, 3.8) is 0 Å². The molecule has 0 aliphatic carbocycles. The maximum Gasteiger partial charge on any atom is 0.326 e. The molecule has 19 heavy (non-hydrogen) atoms. The third kappa shape index (κ3) is 3.67. The number of carbonyl (C=O) groups excluding carboxylic acids is 1. The number of aliphatic carboxylic acids is 1. The van der Waals surface area contributed by atoms with Crippen LogP contribution in [0.3, 0.4) is 0 Å². The number of nitrogens with one attached hydrogen (secondary N) is 1. The van der Waals surface area contributed by atoms with Crippen LogP contribution in [0.5, 0.6) is 0 Å². The number of thioether (sulfide) groups is 1. The summed E-state index contributed by atoms with van der Waals surface area (Å²) >= 11 is 7.35. The fraction of sp³-hybridized carbons (Fsp3) is 0.500. The van der Waals surface area contributed by atoms with E-state index in [4.69, 9.17) is 5.11 Å². The number of carboxylic acid groups (broad SMARTS) is 1. The second kappa shape index (κ2) is 6.67. The van der Waals surface area contributed by atoms with Crippen molar-refractivity contribution in [2.45, 2.75) is 24.6 Å². The molecule has 1 unspecified atom stereocenters. The first kappa shape index (κ1) is 14.7. The second-order valence-corrected chi connectivity index (χ2v) is 6.93. The van der Waals surface area contributed by atoms with Crippen molar-refractivity contribution < 1.29 is 14.7 Å². The van der Waals surface area contributed by atoms with E-state index in [0.29, 0.717) is 17.1 Å². The van der Waals surface area contributed by atoms with Gasteiger partial charge in [-0.05, 0) is 36.0 Å². The van der Waals surface area contributed by atoms with Gasteiger partial charge < -0.3 is 10.4 Å². The van der Waals surface area contributed by atoms with E-state index in [1.165, 1.54) is 21.8 Å². The highest BCUT2D eigenvalue weighted by atomic mass is 32.2. The van der Waals surface area contributed by atoms with Crippen LogP contribution in [0.2, 0.25) is 0 Å². The normalized spacial score (nSPS) is 15.6. The Hall–Kier alpha value is -0.660. The standard InChI is InChI=1S/C12H15NO3S3/c14-11(13-8(1-3-17)12(15)16)10-5-7-6-18-4-2-9(7)19-10/h5,8,17H,1-4,6H2,(H,13,14)(H,15,16). The maximum atomic E-state index is 12.1. The average Bonchev–Trinajstić information content (AvgIpc) is 2.81. The van der Waals surface area contributed by atoms with Gasteiger partial charge in [-0.2, -0.15) is 24.4 Å². The monoisotopic (exact) mass is 317 g/mol. The average molecular weight is 317 g/mol. The Morgan fingerprint density at radius 3 is 2.95 bits per heavy atom. The Balaban J connectivity index is 2.06. The number of rotatable bonds is 5. The Bertz CT molecular complexity index is 463. The lowest BCUT2D eigenvalue weighted by atomic mass is 10.2. The molecule has 2 N–H and O–H groups in total. The van der Waals surface area contributed by atoms with Crippen LogP contribution < -0.4 is 5.32 Å². The van der Waals surface area contributed by atoms with Crippen molar-refractivity contribution in [3.05, 3.63) is 21.4 Å². The van der Waals surface area contributed by atoms with E-state index in [1.54, 1.807) is 0 Å². The van der Waals surface area contributed by atoms with Gasteiger partial charge in [-0.3, -0.25) is 4.79 Å². The first-order chi connectivity index (χ1) is 9.11. The summed E-state index contributed by atoms with van der Waals surface area (Å²) in [6.07, 6.45) is 1.32. The van der Waals surface area contributed by atoms with Gasteiger partial charge in [0.2, 0.25) is 0 Å². The molecule has 104 valence electrons. The summed E-state index contributed by atoms with van der Waals surface area (Å²) < 4.78 is 0. The number of thiol groups is 1. The molecule has 0 saturated heterocycles. The molecule has 0 fully saturated rings. The lowest BCUT2D eigenvalue weighted by molar-refractivity contribution is -0.139. The molecular weight excluding hydrogens is 302 g/mol. The number of fused-ring (bicyclic) bond motifs is 1. The van der Waals surface area contributed by atoms with E-state index in [1.807, 2.05) is 17.8 Å². The predicted molar refractivity (Wildman–Crippen MR) is 81.5 cm³/mol. The van der Waals surface area contributed by atoms with Crippen LogP contribution in [0.15, 0.2) is 6.07 Å². The molecule has 1 aliphatic heterocycles. The molecule has 0 bridgehead atoms. The van der Waals surface area contributed by atoms with Crippen molar-refractivity contribution in [2.75, 3.05) is 11.5 Å². The zero-order chi connectivity index (χ0) is 13.8. The fourth-order valence-corrected chi connectivity index (χ4v) is 4.41. The minimum Gasteiger partial charge on any atom is -0.480 e. The lowest BCUT2D eigenvalue weighted by Crippen LogP contribution is -2.40. The predicted octanol–water partition coefficient (Wildman–Crippen LogP) is 2.04. The number of carbonyl (C=O) groups is 2. The Morgan fingerprint density at radius 2 is 2.32 bits per heavy atom. The number of amides is 1. The zero-order valence-corrected chi connectivity index (χ0v) is 12.7. The molecule has 2 heterocycles. The van der Waals surface area contributed by atoms with Crippen LogP contribution in [0.4, 0.5) is 0 Å². The summed E-state index contributed by atoms with van der Waals surface area (Å²) in [5.74, 6) is 1.15. The van der Waals surface area contributed by atoms with E-state index in [0.717, 1.165) is 17.9 Å². The first-order valence-electron chi connectivity index (χ1n) is 5.95. The molecule has 0 saturated carbocycles. The molecule has 1 aromatic rings. The molecule has 0 spiro atoms. The number of hydrogen-bond acceptors (Lipinski definition) is 5. The van der Waals surface area contributed by atoms with Crippen LogP contribution in [0.25, 0.3) is 0 Å². The largest absolute Gasteiger partial charge is 0.480 e. The Morgan fingerprint density at radius 1 is 1.53 bits per heavy atom. The van der Waals surface area contributed by atoms with Gasteiger partial charge in [0.15, 0.2) is 0 Å². The highest BCUT2D eigenvalue weighted by Crippen LogP contribution is 2.31. The van der Waals surface area contributed by atoms with Crippen LogP contribution in [-0.2, 0) is 17.0 Å². The van der Waals surface area contributed by atoms with E-state index >= 15 is 0 Å². The fourth-order valence-electron chi connectivity index (χ4n) is 1.87.